The topological polar surface area (TPSA) is 40.5 Å². The van der Waals surface area contributed by atoms with Crippen molar-refractivity contribution in [2.75, 3.05) is 6.61 Å². The van der Waals surface area contributed by atoms with Gasteiger partial charge in [-0.05, 0) is 19.3 Å². The lowest BCUT2D eigenvalue weighted by molar-refractivity contribution is 0.156. The predicted molar refractivity (Wildman–Crippen MR) is 106 cm³/mol. The number of hydrogen-bond acceptors (Lipinski definition) is 2. The molecule has 1 unspecified atom stereocenters. The van der Waals surface area contributed by atoms with Crippen LogP contribution >= 0.6 is 0 Å². The van der Waals surface area contributed by atoms with Crippen LogP contribution < -0.4 is 0 Å². The highest BCUT2D eigenvalue weighted by atomic mass is 16.3. The van der Waals surface area contributed by atoms with Crippen LogP contribution in [0.5, 0.6) is 0 Å². The summed E-state index contributed by atoms with van der Waals surface area (Å²) in [6, 6.07) is 0. The van der Waals surface area contributed by atoms with E-state index in [1.54, 1.807) is 0 Å². The second-order valence-corrected chi connectivity index (χ2v) is 7.58. The Morgan fingerprint density at radius 2 is 0.792 bits per heavy atom. The first-order chi connectivity index (χ1) is 11.8. The van der Waals surface area contributed by atoms with Gasteiger partial charge in [0.2, 0.25) is 0 Å². The zero-order chi connectivity index (χ0) is 17.7. The fourth-order valence-electron chi connectivity index (χ4n) is 3.35. The number of rotatable bonds is 20. The molecule has 0 aliphatic rings. The largest absolute Gasteiger partial charge is 0.396 e. The molecule has 0 fully saturated rings. The molecule has 0 bridgehead atoms. The average molecular weight is 343 g/mol. The Morgan fingerprint density at radius 3 is 1.08 bits per heavy atom. The Hall–Kier alpha value is -0.0800. The molecule has 2 nitrogen and oxygen atoms in total. The van der Waals surface area contributed by atoms with E-state index in [4.69, 9.17) is 5.11 Å². The molecule has 146 valence electrons. The lowest BCUT2D eigenvalue weighted by Crippen LogP contribution is -2.03. The third-order valence-electron chi connectivity index (χ3n) is 5.17. The van der Waals surface area contributed by atoms with Crippen LogP contribution in [0.1, 0.15) is 129 Å². The summed E-state index contributed by atoms with van der Waals surface area (Å²) in [6.07, 6.45) is 24.7. The molecule has 0 aromatic heterocycles. The van der Waals surface area contributed by atoms with Gasteiger partial charge in [0.1, 0.15) is 0 Å². The van der Waals surface area contributed by atoms with Gasteiger partial charge < -0.3 is 10.2 Å². The van der Waals surface area contributed by atoms with E-state index in [1.165, 1.54) is 103 Å². The zero-order valence-corrected chi connectivity index (χ0v) is 16.6. The zero-order valence-electron chi connectivity index (χ0n) is 16.6. The van der Waals surface area contributed by atoms with Crippen molar-refractivity contribution < 1.29 is 10.2 Å². The third kappa shape index (κ3) is 20.0. The van der Waals surface area contributed by atoms with Crippen LogP contribution in [0, 0.1) is 0 Å². The maximum absolute atomic E-state index is 9.48. The molecule has 0 radical (unpaired) electrons. The smallest absolute Gasteiger partial charge is 0.0537 e. The van der Waals surface area contributed by atoms with Crippen LogP contribution in [0.4, 0.5) is 0 Å². The van der Waals surface area contributed by atoms with Crippen LogP contribution in [-0.4, -0.2) is 22.9 Å². The second kappa shape index (κ2) is 21.0. The van der Waals surface area contributed by atoms with Crippen LogP contribution in [0.3, 0.4) is 0 Å². The fourth-order valence-corrected chi connectivity index (χ4v) is 3.35. The molecule has 1 atom stereocenters. The SMILES string of the molecule is CCC(O)CCCCCCCCCCCCCCCCCCCO. The molecule has 0 aliphatic heterocycles. The average Bonchev–Trinajstić information content (AvgIpc) is 2.60. The summed E-state index contributed by atoms with van der Waals surface area (Å²) in [5, 5.41) is 18.2. The Kier molecular flexibility index (Phi) is 20.9. The molecule has 0 aromatic carbocycles. The van der Waals surface area contributed by atoms with Crippen LogP contribution in [0.25, 0.3) is 0 Å². The van der Waals surface area contributed by atoms with Crippen LogP contribution in [0.15, 0.2) is 0 Å². The molecule has 0 saturated heterocycles. The van der Waals surface area contributed by atoms with Crippen molar-refractivity contribution in [3.05, 3.63) is 0 Å². The monoisotopic (exact) mass is 342 g/mol. The van der Waals surface area contributed by atoms with Crippen molar-refractivity contribution in [3.63, 3.8) is 0 Å². The van der Waals surface area contributed by atoms with Gasteiger partial charge in [-0.25, -0.2) is 0 Å². The standard InChI is InChI=1S/C22H46O2/c1-2-22(24)20-18-16-14-12-10-8-6-4-3-5-7-9-11-13-15-17-19-21-23/h22-24H,2-21H2,1H3. The van der Waals surface area contributed by atoms with Gasteiger partial charge in [0.25, 0.3) is 0 Å². The number of unbranched alkanes of at least 4 members (excludes halogenated alkanes) is 16. The van der Waals surface area contributed by atoms with Crippen molar-refractivity contribution >= 4 is 0 Å². The normalized spacial score (nSPS) is 12.6. The molecular formula is C22H46O2. The van der Waals surface area contributed by atoms with Gasteiger partial charge in [0, 0.05) is 6.61 Å². The quantitative estimate of drug-likeness (QED) is 0.240. The van der Waals surface area contributed by atoms with Gasteiger partial charge in [0.05, 0.1) is 6.10 Å². The van der Waals surface area contributed by atoms with E-state index in [0.29, 0.717) is 6.61 Å². The highest BCUT2D eigenvalue weighted by Crippen LogP contribution is 2.14. The second-order valence-electron chi connectivity index (χ2n) is 7.58. The Bertz CT molecular complexity index is 218. The molecule has 24 heavy (non-hydrogen) atoms. The summed E-state index contributed by atoms with van der Waals surface area (Å²) < 4.78 is 0. The number of hydrogen-bond donors (Lipinski definition) is 2. The maximum atomic E-state index is 9.48. The molecular weight excluding hydrogens is 296 g/mol. The minimum atomic E-state index is -0.0590. The molecule has 0 heterocycles. The van der Waals surface area contributed by atoms with E-state index in [2.05, 4.69) is 6.92 Å². The predicted octanol–water partition coefficient (Wildman–Crippen LogP) is 6.77. The number of aliphatic hydroxyl groups excluding tert-OH is 2. The van der Waals surface area contributed by atoms with Gasteiger partial charge >= 0.3 is 0 Å². The van der Waals surface area contributed by atoms with Crippen LogP contribution in [-0.2, 0) is 0 Å². The summed E-state index contributed by atoms with van der Waals surface area (Å²) in [5.74, 6) is 0. The van der Waals surface area contributed by atoms with E-state index >= 15 is 0 Å². The summed E-state index contributed by atoms with van der Waals surface area (Å²) >= 11 is 0. The maximum Gasteiger partial charge on any atom is 0.0537 e. The molecule has 0 rings (SSSR count). The van der Waals surface area contributed by atoms with Crippen molar-refractivity contribution in [1.29, 1.82) is 0 Å². The molecule has 2 N–H and O–H groups in total. The van der Waals surface area contributed by atoms with Gasteiger partial charge in [-0.1, -0.05) is 110 Å². The van der Waals surface area contributed by atoms with Gasteiger partial charge in [-0.15, -0.1) is 0 Å². The van der Waals surface area contributed by atoms with Crippen molar-refractivity contribution in [1.82, 2.24) is 0 Å². The molecule has 0 saturated carbocycles. The molecule has 2 heteroatoms. The first-order valence-electron chi connectivity index (χ1n) is 11.1. The summed E-state index contributed by atoms with van der Waals surface area (Å²) in [4.78, 5) is 0. The molecule has 0 amide bonds. The van der Waals surface area contributed by atoms with Gasteiger partial charge in [-0.2, -0.15) is 0 Å². The Morgan fingerprint density at radius 1 is 0.500 bits per heavy atom. The van der Waals surface area contributed by atoms with Crippen molar-refractivity contribution in [2.24, 2.45) is 0 Å². The Labute approximate surface area is 152 Å². The first-order valence-corrected chi connectivity index (χ1v) is 11.1. The van der Waals surface area contributed by atoms with Crippen LogP contribution in [0.2, 0.25) is 0 Å². The minimum absolute atomic E-state index is 0.0590. The summed E-state index contributed by atoms with van der Waals surface area (Å²) in [7, 11) is 0. The fraction of sp³-hybridized carbons (Fsp3) is 1.00. The van der Waals surface area contributed by atoms with E-state index in [9.17, 15) is 5.11 Å². The first kappa shape index (κ1) is 23.9. The van der Waals surface area contributed by atoms with E-state index in [0.717, 1.165) is 19.3 Å². The van der Waals surface area contributed by atoms with E-state index < -0.39 is 0 Å². The molecule has 0 aliphatic carbocycles. The van der Waals surface area contributed by atoms with Gasteiger partial charge in [0.15, 0.2) is 0 Å². The van der Waals surface area contributed by atoms with E-state index in [-0.39, 0.29) is 6.10 Å². The lowest BCUT2D eigenvalue weighted by atomic mass is 10.0. The molecule has 0 spiro atoms. The lowest BCUT2D eigenvalue weighted by Gasteiger charge is -2.06. The summed E-state index contributed by atoms with van der Waals surface area (Å²) in [5.41, 5.74) is 0. The third-order valence-corrected chi connectivity index (χ3v) is 5.17. The number of aliphatic hydroxyl groups is 2. The summed E-state index contributed by atoms with van der Waals surface area (Å²) in [6.45, 7) is 2.43. The highest BCUT2D eigenvalue weighted by molar-refractivity contribution is 4.54. The van der Waals surface area contributed by atoms with Crippen molar-refractivity contribution in [3.8, 4) is 0 Å². The van der Waals surface area contributed by atoms with E-state index in [1.807, 2.05) is 0 Å². The molecule has 0 aromatic rings. The Balaban J connectivity index is 2.98. The highest BCUT2D eigenvalue weighted by Gasteiger charge is 1.99. The van der Waals surface area contributed by atoms with Gasteiger partial charge in [-0.3, -0.25) is 0 Å². The minimum Gasteiger partial charge on any atom is -0.396 e. The van der Waals surface area contributed by atoms with Crippen molar-refractivity contribution in [2.45, 2.75) is 135 Å².